The third-order valence-electron chi connectivity index (χ3n) is 2.67. The fourth-order valence-electron chi connectivity index (χ4n) is 1.54. The summed E-state index contributed by atoms with van der Waals surface area (Å²) in [5.74, 6) is 0.0895. The molecule has 16 heavy (non-hydrogen) atoms. The van der Waals surface area contributed by atoms with Crippen LogP contribution in [0.2, 0.25) is 0 Å². The highest BCUT2D eigenvalue weighted by Crippen LogP contribution is 2.13. The van der Waals surface area contributed by atoms with Crippen LogP contribution in [0.3, 0.4) is 0 Å². The van der Waals surface area contributed by atoms with Crippen LogP contribution in [0.4, 0.5) is 0 Å². The molecule has 0 aliphatic rings. The summed E-state index contributed by atoms with van der Waals surface area (Å²) < 4.78 is 0. The van der Waals surface area contributed by atoms with Crippen LogP contribution in [0, 0.1) is 5.41 Å². The van der Waals surface area contributed by atoms with Gasteiger partial charge in [-0.1, -0.05) is 12.5 Å². The highest BCUT2D eigenvalue weighted by atomic mass is 16.2. The van der Waals surface area contributed by atoms with Crippen LogP contribution >= 0.6 is 0 Å². The molecule has 0 aliphatic carbocycles. The van der Waals surface area contributed by atoms with Crippen molar-refractivity contribution in [3.63, 3.8) is 0 Å². The fraction of sp³-hybridized carbons (Fsp3) is 0.769. The molecule has 0 fully saturated rings. The molecule has 0 radical (unpaired) electrons. The molecule has 0 saturated heterocycles. The van der Waals surface area contributed by atoms with Crippen LogP contribution < -0.4 is 10.6 Å². The summed E-state index contributed by atoms with van der Waals surface area (Å²) in [6.07, 6.45) is 6.66. The average Bonchev–Trinajstić information content (AvgIpc) is 2.26. The first-order valence-corrected chi connectivity index (χ1v) is 6.08. The number of unbranched alkanes of at least 4 members (excludes halogenated alkanes) is 3. The Balaban J connectivity index is 3.50. The van der Waals surface area contributed by atoms with Gasteiger partial charge in [0.05, 0.1) is 5.41 Å². The SMILES string of the molecule is C=CCCCCCNCC(C)(C)C(=O)NC. The van der Waals surface area contributed by atoms with Crippen LogP contribution in [0.5, 0.6) is 0 Å². The molecule has 0 bridgehead atoms. The van der Waals surface area contributed by atoms with E-state index in [1.807, 2.05) is 19.9 Å². The van der Waals surface area contributed by atoms with Crippen LogP contribution in [0.25, 0.3) is 0 Å². The molecule has 3 nitrogen and oxygen atoms in total. The van der Waals surface area contributed by atoms with Gasteiger partial charge in [0.25, 0.3) is 0 Å². The normalized spacial score (nSPS) is 11.2. The van der Waals surface area contributed by atoms with Gasteiger partial charge in [0, 0.05) is 13.6 Å². The summed E-state index contributed by atoms with van der Waals surface area (Å²) in [6.45, 7) is 9.32. The quantitative estimate of drug-likeness (QED) is 0.467. The molecule has 0 spiro atoms. The summed E-state index contributed by atoms with van der Waals surface area (Å²) in [5, 5.41) is 6.02. The van der Waals surface area contributed by atoms with Gasteiger partial charge in [0.15, 0.2) is 0 Å². The van der Waals surface area contributed by atoms with Crippen molar-refractivity contribution in [2.24, 2.45) is 5.41 Å². The third-order valence-corrected chi connectivity index (χ3v) is 2.67. The molecule has 3 heteroatoms. The molecule has 1 amide bonds. The first-order chi connectivity index (χ1) is 7.54. The van der Waals surface area contributed by atoms with Gasteiger partial charge in [0.2, 0.25) is 5.91 Å². The van der Waals surface area contributed by atoms with Gasteiger partial charge in [0.1, 0.15) is 0 Å². The highest BCUT2D eigenvalue weighted by molar-refractivity contribution is 5.81. The standard InChI is InChI=1S/C13H26N2O/c1-5-6-7-8-9-10-15-11-13(2,3)12(16)14-4/h5,15H,1,6-11H2,2-4H3,(H,14,16). The van der Waals surface area contributed by atoms with E-state index < -0.39 is 0 Å². The number of nitrogens with one attached hydrogen (secondary N) is 2. The summed E-state index contributed by atoms with van der Waals surface area (Å²) in [5.41, 5.74) is -0.324. The molecule has 0 saturated carbocycles. The van der Waals surface area contributed by atoms with Crippen molar-refractivity contribution in [3.05, 3.63) is 12.7 Å². The lowest BCUT2D eigenvalue weighted by Crippen LogP contribution is -2.42. The van der Waals surface area contributed by atoms with E-state index in [0.29, 0.717) is 0 Å². The van der Waals surface area contributed by atoms with Crippen molar-refractivity contribution >= 4 is 5.91 Å². The van der Waals surface area contributed by atoms with E-state index >= 15 is 0 Å². The van der Waals surface area contributed by atoms with Crippen molar-refractivity contribution in [1.82, 2.24) is 10.6 Å². The Morgan fingerprint density at radius 3 is 2.56 bits per heavy atom. The van der Waals surface area contributed by atoms with Crippen LogP contribution in [0.1, 0.15) is 39.5 Å². The first kappa shape index (κ1) is 15.2. The van der Waals surface area contributed by atoms with Crippen LogP contribution in [0.15, 0.2) is 12.7 Å². The number of rotatable bonds is 9. The summed E-state index contributed by atoms with van der Waals surface area (Å²) in [4.78, 5) is 11.5. The fourth-order valence-corrected chi connectivity index (χ4v) is 1.54. The Hall–Kier alpha value is -0.830. The van der Waals surface area contributed by atoms with E-state index in [0.717, 1.165) is 25.9 Å². The molecule has 94 valence electrons. The summed E-state index contributed by atoms with van der Waals surface area (Å²) >= 11 is 0. The molecule has 2 N–H and O–H groups in total. The van der Waals surface area contributed by atoms with Gasteiger partial charge in [-0.05, 0) is 39.7 Å². The smallest absolute Gasteiger partial charge is 0.226 e. The largest absolute Gasteiger partial charge is 0.359 e. The molecular formula is C13H26N2O. The second kappa shape index (κ2) is 8.34. The maximum Gasteiger partial charge on any atom is 0.226 e. The minimum atomic E-state index is -0.324. The van der Waals surface area contributed by atoms with Crippen molar-refractivity contribution < 1.29 is 4.79 Å². The highest BCUT2D eigenvalue weighted by Gasteiger charge is 2.25. The molecule has 0 heterocycles. The monoisotopic (exact) mass is 226 g/mol. The number of carbonyl (C=O) groups excluding carboxylic acids is 1. The van der Waals surface area contributed by atoms with Crippen molar-refractivity contribution in [2.45, 2.75) is 39.5 Å². The van der Waals surface area contributed by atoms with Crippen molar-refractivity contribution in [3.8, 4) is 0 Å². The zero-order valence-corrected chi connectivity index (χ0v) is 10.9. The second-order valence-corrected chi connectivity index (χ2v) is 4.78. The maximum absolute atomic E-state index is 11.5. The van der Waals surface area contributed by atoms with Gasteiger partial charge in [-0.2, -0.15) is 0 Å². The lowest BCUT2D eigenvalue weighted by molar-refractivity contribution is -0.128. The Labute approximate surface area is 99.7 Å². The molecule has 0 aromatic rings. The minimum Gasteiger partial charge on any atom is -0.359 e. The van der Waals surface area contributed by atoms with Crippen LogP contribution in [-0.2, 0) is 4.79 Å². The van der Waals surface area contributed by atoms with E-state index in [-0.39, 0.29) is 11.3 Å². The minimum absolute atomic E-state index is 0.0895. The number of allylic oxidation sites excluding steroid dienone is 1. The topological polar surface area (TPSA) is 41.1 Å². The van der Waals surface area contributed by atoms with Gasteiger partial charge < -0.3 is 10.6 Å². The Morgan fingerprint density at radius 2 is 2.00 bits per heavy atom. The summed E-state index contributed by atoms with van der Waals surface area (Å²) in [6, 6.07) is 0. The Kier molecular flexibility index (Phi) is 7.90. The third kappa shape index (κ3) is 6.62. The molecule has 0 atom stereocenters. The van der Waals surface area contributed by atoms with E-state index in [4.69, 9.17) is 0 Å². The number of carbonyl (C=O) groups is 1. The lowest BCUT2D eigenvalue weighted by atomic mass is 9.92. The predicted molar refractivity (Wildman–Crippen MR) is 69.4 cm³/mol. The zero-order valence-electron chi connectivity index (χ0n) is 10.9. The van der Waals surface area contributed by atoms with Crippen LogP contribution in [-0.4, -0.2) is 26.0 Å². The van der Waals surface area contributed by atoms with Gasteiger partial charge in [-0.25, -0.2) is 0 Å². The van der Waals surface area contributed by atoms with E-state index in [9.17, 15) is 4.79 Å². The Bertz CT molecular complexity index is 212. The molecule has 0 unspecified atom stereocenters. The van der Waals surface area contributed by atoms with Gasteiger partial charge >= 0.3 is 0 Å². The lowest BCUT2D eigenvalue weighted by Gasteiger charge is -2.22. The van der Waals surface area contributed by atoms with E-state index in [1.54, 1.807) is 7.05 Å². The van der Waals surface area contributed by atoms with Gasteiger partial charge in [-0.3, -0.25) is 4.79 Å². The maximum atomic E-state index is 11.5. The predicted octanol–water partition coefficient (Wildman–Crippen LogP) is 2.09. The molecule has 0 rings (SSSR count). The molecule has 0 aromatic carbocycles. The number of hydrogen-bond donors (Lipinski definition) is 2. The van der Waals surface area contributed by atoms with Gasteiger partial charge in [-0.15, -0.1) is 6.58 Å². The summed E-state index contributed by atoms with van der Waals surface area (Å²) in [7, 11) is 1.68. The zero-order chi connectivity index (χ0) is 12.4. The average molecular weight is 226 g/mol. The van der Waals surface area contributed by atoms with Crippen molar-refractivity contribution in [2.75, 3.05) is 20.1 Å². The molecule has 0 aliphatic heterocycles. The number of amides is 1. The number of hydrogen-bond acceptors (Lipinski definition) is 2. The van der Waals surface area contributed by atoms with Crippen molar-refractivity contribution in [1.29, 1.82) is 0 Å². The second-order valence-electron chi connectivity index (χ2n) is 4.78. The molecular weight excluding hydrogens is 200 g/mol. The molecule has 0 aromatic heterocycles. The first-order valence-electron chi connectivity index (χ1n) is 6.08. The van der Waals surface area contributed by atoms with E-state index in [2.05, 4.69) is 17.2 Å². The Morgan fingerprint density at radius 1 is 1.31 bits per heavy atom. The van der Waals surface area contributed by atoms with E-state index in [1.165, 1.54) is 12.8 Å².